The van der Waals surface area contributed by atoms with Crippen molar-refractivity contribution in [3.63, 3.8) is 0 Å². The molecular formula is C23H18N4O4S. The van der Waals surface area contributed by atoms with Crippen molar-refractivity contribution < 1.29 is 9.84 Å². The number of nitrogens with zero attached hydrogens (tertiary/aromatic N) is 3. The molecule has 1 aliphatic heterocycles. The van der Waals surface area contributed by atoms with E-state index in [1.165, 1.54) is 15.9 Å². The summed E-state index contributed by atoms with van der Waals surface area (Å²) in [7, 11) is 3.71. The highest BCUT2D eigenvalue weighted by Gasteiger charge is 2.25. The van der Waals surface area contributed by atoms with E-state index in [9.17, 15) is 14.7 Å². The predicted molar refractivity (Wildman–Crippen MR) is 124 cm³/mol. The summed E-state index contributed by atoms with van der Waals surface area (Å²) in [4.78, 5) is 34.2. The zero-order valence-corrected chi connectivity index (χ0v) is 18.0. The van der Waals surface area contributed by atoms with E-state index in [1.54, 1.807) is 42.6 Å². The molecule has 0 aliphatic carbocycles. The van der Waals surface area contributed by atoms with Gasteiger partial charge in [-0.3, -0.25) is 9.78 Å². The van der Waals surface area contributed by atoms with E-state index in [-0.39, 0.29) is 0 Å². The van der Waals surface area contributed by atoms with E-state index >= 15 is 0 Å². The number of aromatic nitrogens is 3. The molecule has 0 amide bonds. The zero-order valence-electron chi connectivity index (χ0n) is 17.2. The zero-order chi connectivity index (χ0) is 22.4. The number of ether oxygens (including phenoxy) is 1. The minimum absolute atomic E-state index is 0.372. The molecule has 8 nitrogen and oxygen atoms in total. The Morgan fingerprint density at radius 3 is 2.81 bits per heavy atom. The summed E-state index contributed by atoms with van der Waals surface area (Å²) in [6.07, 6.45) is 4.44. The van der Waals surface area contributed by atoms with Gasteiger partial charge in [-0.15, -0.1) is 11.3 Å². The topological polar surface area (TPSA) is 100 Å². The minimum Gasteiger partial charge on any atom is -0.515 e. The molecule has 4 heterocycles. The van der Waals surface area contributed by atoms with Gasteiger partial charge >= 0.3 is 5.69 Å². The lowest BCUT2D eigenvalue weighted by Crippen LogP contribution is -2.29. The number of aliphatic hydroxyl groups is 1. The smallest absolute Gasteiger partial charge is 0.334 e. The number of rotatable bonds is 3. The van der Waals surface area contributed by atoms with Crippen molar-refractivity contribution in [2.45, 2.75) is 0 Å². The van der Waals surface area contributed by atoms with E-state index in [1.807, 2.05) is 30.4 Å². The summed E-state index contributed by atoms with van der Waals surface area (Å²) in [5.74, 6) is 1.59. The van der Waals surface area contributed by atoms with Crippen LogP contribution in [0.4, 0.5) is 0 Å². The van der Waals surface area contributed by atoms with Gasteiger partial charge in [0, 0.05) is 42.9 Å². The van der Waals surface area contributed by atoms with Gasteiger partial charge in [-0.2, -0.15) is 0 Å². The SMILES string of the molecule is CN(C)C1=CC(=CO)c2scc(-c3ccnc(-n4c(=O)[nH]c(=O)c5ccccc54)c3)c2O1. The van der Waals surface area contributed by atoms with Gasteiger partial charge in [-0.05, 0) is 29.8 Å². The summed E-state index contributed by atoms with van der Waals surface area (Å²) in [6.45, 7) is 0. The van der Waals surface area contributed by atoms with Crippen molar-refractivity contribution in [3.8, 4) is 22.7 Å². The first kappa shape index (κ1) is 19.8. The number of pyridine rings is 1. The maximum atomic E-state index is 12.7. The molecular weight excluding hydrogens is 428 g/mol. The third-order valence-corrected chi connectivity index (χ3v) is 6.18. The van der Waals surface area contributed by atoms with E-state index in [0.717, 1.165) is 22.3 Å². The Balaban J connectivity index is 1.68. The second kappa shape index (κ2) is 7.54. The normalized spacial score (nSPS) is 14.2. The monoisotopic (exact) mass is 446 g/mol. The minimum atomic E-state index is -0.565. The molecule has 0 spiro atoms. The maximum absolute atomic E-state index is 12.7. The van der Waals surface area contributed by atoms with Crippen LogP contribution in [0.5, 0.6) is 5.75 Å². The largest absolute Gasteiger partial charge is 0.515 e. The van der Waals surface area contributed by atoms with Gasteiger partial charge < -0.3 is 14.7 Å². The van der Waals surface area contributed by atoms with Crippen molar-refractivity contribution >= 4 is 27.8 Å². The number of hydrogen-bond donors (Lipinski definition) is 2. The highest BCUT2D eigenvalue weighted by molar-refractivity contribution is 7.12. The number of hydrogen-bond acceptors (Lipinski definition) is 7. The van der Waals surface area contributed by atoms with Gasteiger partial charge in [0.2, 0.25) is 0 Å². The predicted octanol–water partition coefficient (Wildman–Crippen LogP) is 3.50. The first-order valence-corrected chi connectivity index (χ1v) is 10.6. The Kier molecular flexibility index (Phi) is 4.67. The molecule has 1 aliphatic rings. The third kappa shape index (κ3) is 3.10. The van der Waals surface area contributed by atoms with E-state index in [2.05, 4.69) is 9.97 Å². The summed E-state index contributed by atoms with van der Waals surface area (Å²) >= 11 is 1.45. The fourth-order valence-electron chi connectivity index (χ4n) is 3.62. The summed E-state index contributed by atoms with van der Waals surface area (Å²) in [6, 6.07) is 10.5. The molecule has 0 atom stereocenters. The van der Waals surface area contributed by atoms with E-state index in [0.29, 0.717) is 33.9 Å². The lowest BCUT2D eigenvalue weighted by molar-refractivity contribution is 0.279. The summed E-state index contributed by atoms with van der Waals surface area (Å²) in [5.41, 5.74) is 1.71. The van der Waals surface area contributed by atoms with Gasteiger partial charge in [0.25, 0.3) is 5.56 Å². The lowest BCUT2D eigenvalue weighted by atomic mass is 10.1. The van der Waals surface area contributed by atoms with Crippen LogP contribution in [0.3, 0.4) is 0 Å². The third-order valence-electron chi connectivity index (χ3n) is 5.17. The highest BCUT2D eigenvalue weighted by atomic mass is 32.1. The van der Waals surface area contributed by atoms with Crippen LogP contribution in [-0.4, -0.2) is 38.6 Å². The summed E-state index contributed by atoms with van der Waals surface area (Å²) < 4.78 is 7.49. The Morgan fingerprint density at radius 2 is 2.03 bits per heavy atom. The van der Waals surface area contributed by atoms with Crippen LogP contribution in [0.25, 0.3) is 33.4 Å². The number of aromatic amines is 1. The molecule has 0 saturated carbocycles. The molecule has 4 aromatic rings. The molecule has 3 aromatic heterocycles. The van der Waals surface area contributed by atoms with Gasteiger partial charge in [0.05, 0.1) is 22.0 Å². The molecule has 2 N–H and O–H groups in total. The van der Waals surface area contributed by atoms with Crippen LogP contribution < -0.4 is 16.0 Å². The number of para-hydroxylation sites is 1. The van der Waals surface area contributed by atoms with Gasteiger partial charge in [0.1, 0.15) is 5.82 Å². The van der Waals surface area contributed by atoms with Crippen molar-refractivity contribution in [1.82, 2.24) is 19.4 Å². The van der Waals surface area contributed by atoms with Crippen LogP contribution in [0.1, 0.15) is 4.88 Å². The average Bonchev–Trinajstić information content (AvgIpc) is 3.23. The molecule has 32 heavy (non-hydrogen) atoms. The Morgan fingerprint density at radius 1 is 1.22 bits per heavy atom. The number of fused-ring (bicyclic) bond motifs is 2. The van der Waals surface area contributed by atoms with Crippen LogP contribution in [0, 0.1) is 0 Å². The molecule has 5 rings (SSSR count). The quantitative estimate of drug-likeness (QED) is 0.467. The Bertz CT molecular complexity index is 1540. The fourth-order valence-corrected chi connectivity index (χ4v) is 4.61. The number of nitrogens with one attached hydrogen (secondary N) is 1. The number of aliphatic hydroxyl groups excluding tert-OH is 1. The second-order valence-corrected chi connectivity index (χ2v) is 8.27. The van der Waals surface area contributed by atoms with Crippen LogP contribution in [0.2, 0.25) is 0 Å². The first-order chi connectivity index (χ1) is 15.5. The molecule has 0 fully saturated rings. The lowest BCUT2D eigenvalue weighted by Gasteiger charge is -2.23. The second-order valence-electron chi connectivity index (χ2n) is 7.39. The standard InChI is InChI=1S/C23H18N4O4S/c1-26(2)19-10-14(11-28)21-20(31-19)16(12-32-21)13-7-8-24-18(9-13)27-17-6-4-3-5-15(17)22(29)25-23(27)30/h3-12,28H,1-2H3,(H,25,29,30). The molecule has 0 unspecified atom stereocenters. The van der Waals surface area contributed by atoms with Crippen molar-refractivity contribution in [2.75, 3.05) is 14.1 Å². The average molecular weight is 446 g/mol. The first-order valence-electron chi connectivity index (χ1n) is 9.72. The number of allylic oxidation sites excluding steroid dienone is 2. The van der Waals surface area contributed by atoms with Gasteiger partial charge in [-0.1, -0.05) is 12.1 Å². The number of benzene rings is 1. The molecule has 0 saturated heterocycles. The molecule has 0 bridgehead atoms. The highest BCUT2D eigenvalue weighted by Crippen LogP contribution is 2.46. The molecule has 0 radical (unpaired) electrons. The summed E-state index contributed by atoms with van der Waals surface area (Å²) in [5, 5.41) is 12.0. The number of H-pyrrole nitrogens is 1. The fraction of sp³-hybridized carbons (Fsp3) is 0.0870. The van der Waals surface area contributed by atoms with Gasteiger partial charge in [-0.25, -0.2) is 14.3 Å². The van der Waals surface area contributed by atoms with Crippen LogP contribution >= 0.6 is 11.3 Å². The van der Waals surface area contributed by atoms with Crippen LogP contribution in [-0.2, 0) is 0 Å². The van der Waals surface area contributed by atoms with E-state index < -0.39 is 11.2 Å². The Labute approximate surface area is 186 Å². The van der Waals surface area contributed by atoms with Crippen molar-refractivity contribution in [1.29, 1.82) is 0 Å². The van der Waals surface area contributed by atoms with Crippen molar-refractivity contribution in [2.24, 2.45) is 0 Å². The van der Waals surface area contributed by atoms with Crippen molar-refractivity contribution in [3.05, 3.63) is 91.9 Å². The van der Waals surface area contributed by atoms with E-state index in [4.69, 9.17) is 4.74 Å². The molecule has 9 heteroatoms. The molecule has 1 aromatic carbocycles. The number of thiophene rings is 1. The molecule has 160 valence electrons. The maximum Gasteiger partial charge on any atom is 0.334 e. The van der Waals surface area contributed by atoms with Crippen LogP contribution in [0.15, 0.2) is 75.8 Å². The Hall–Kier alpha value is -4.11. The van der Waals surface area contributed by atoms with Gasteiger partial charge in [0.15, 0.2) is 11.6 Å².